The Labute approximate surface area is 134 Å². The zero-order valence-corrected chi connectivity index (χ0v) is 13.1. The van der Waals surface area contributed by atoms with E-state index in [1.54, 1.807) is 0 Å². The van der Waals surface area contributed by atoms with E-state index in [1.807, 2.05) is 0 Å². The van der Waals surface area contributed by atoms with Crippen molar-refractivity contribution in [3.05, 3.63) is 66.2 Å². The van der Waals surface area contributed by atoms with E-state index in [1.165, 1.54) is 32.8 Å². The predicted molar refractivity (Wildman–Crippen MR) is 92.9 cm³/mol. The number of rotatable bonds is 0. The summed E-state index contributed by atoms with van der Waals surface area (Å²) in [5.41, 5.74) is 4.93. The average Bonchev–Trinajstić information content (AvgIpc) is 2.57. The molecular weight excluding hydrogens is 282 g/mol. The van der Waals surface area contributed by atoms with Crippen molar-refractivity contribution in [1.82, 2.24) is 0 Å². The van der Waals surface area contributed by atoms with Gasteiger partial charge in [0, 0.05) is 17.5 Å². The van der Waals surface area contributed by atoms with Gasteiger partial charge in [-0.05, 0) is 30.0 Å². The standard InChI is InChI=1S/C21H16NO/c1-13-10-11-14-7-5-9-17-20(14)19(13)21-18(23-17)12-15-6-3-4-8-16(15)22(21)2/h3-12H,1-2H3/q+1. The molecule has 0 amide bonds. The average molecular weight is 298 g/mol. The van der Waals surface area contributed by atoms with Gasteiger partial charge in [-0.3, -0.25) is 0 Å². The van der Waals surface area contributed by atoms with E-state index in [0.717, 1.165) is 17.2 Å². The van der Waals surface area contributed by atoms with E-state index in [-0.39, 0.29) is 0 Å². The van der Waals surface area contributed by atoms with Crippen LogP contribution < -0.4 is 9.30 Å². The molecule has 0 unspecified atom stereocenters. The van der Waals surface area contributed by atoms with E-state index in [2.05, 4.69) is 79.2 Å². The van der Waals surface area contributed by atoms with Crippen LogP contribution in [0.25, 0.3) is 32.9 Å². The number of aryl methyl sites for hydroxylation is 2. The summed E-state index contributed by atoms with van der Waals surface area (Å²) in [5, 5.41) is 3.63. The maximum atomic E-state index is 6.27. The molecule has 0 N–H and O–H groups in total. The molecule has 0 bridgehead atoms. The van der Waals surface area contributed by atoms with Gasteiger partial charge in [-0.25, -0.2) is 0 Å². The normalized spacial score (nSPS) is 12.3. The first kappa shape index (κ1) is 12.7. The van der Waals surface area contributed by atoms with Crippen LogP contribution in [0.3, 0.4) is 0 Å². The van der Waals surface area contributed by atoms with Crippen LogP contribution in [0.2, 0.25) is 0 Å². The molecule has 4 aromatic rings. The number of ether oxygens (including phenoxy) is 1. The Balaban J connectivity index is 2.02. The molecular formula is C21H16NO+. The van der Waals surface area contributed by atoms with Crippen molar-refractivity contribution < 1.29 is 9.30 Å². The van der Waals surface area contributed by atoms with Crippen molar-refractivity contribution in [2.24, 2.45) is 7.05 Å². The molecule has 110 valence electrons. The summed E-state index contributed by atoms with van der Waals surface area (Å²) in [5.74, 6) is 1.88. The second-order valence-electron chi connectivity index (χ2n) is 6.19. The molecule has 5 rings (SSSR count). The Morgan fingerprint density at radius 2 is 1.65 bits per heavy atom. The largest absolute Gasteiger partial charge is 0.450 e. The van der Waals surface area contributed by atoms with Crippen LogP contribution in [0.4, 0.5) is 0 Å². The number of hydrogen-bond acceptors (Lipinski definition) is 1. The molecule has 0 atom stereocenters. The molecule has 0 saturated heterocycles. The molecule has 0 fully saturated rings. The van der Waals surface area contributed by atoms with E-state index >= 15 is 0 Å². The Hall–Kier alpha value is -2.87. The number of pyridine rings is 1. The van der Waals surface area contributed by atoms with Crippen LogP contribution >= 0.6 is 0 Å². The summed E-state index contributed by atoms with van der Waals surface area (Å²) < 4.78 is 8.52. The minimum Gasteiger partial charge on any atom is -0.450 e. The van der Waals surface area contributed by atoms with E-state index in [0.29, 0.717) is 0 Å². The second-order valence-corrected chi connectivity index (χ2v) is 6.19. The number of fused-ring (bicyclic) bond motifs is 3. The first-order valence-corrected chi connectivity index (χ1v) is 7.86. The van der Waals surface area contributed by atoms with Crippen LogP contribution in [-0.2, 0) is 7.05 Å². The second kappa shape index (κ2) is 4.32. The molecule has 1 aliphatic rings. The number of nitrogens with zero attached hydrogens (tertiary/aromatic N) is 1. The molecule has 0 spiro atoms. The van der Waals surface area contributed by atoms with Crippen molar-refractivity contribution in [2.75, 3.05) is 0 Å². The molecule has 0 radical (unpaired) electrons. The fraction of sp³-hybridized carbons (Fsp3) is 0.0952. The third kappa shape index (κ3) is 1.61. The van der Waals surface area contributed by atoms with Gasteiger partial charge < -0.3 is 4.74 Å². The first-order valence-electron chi connectivity index (χ1n) is 7.86. The molecule has 2 heteroatoms. The van der Waals surface area contributed by atoms with Crippen LogP contribution in [0.5, 0.6) is 11.5 Å². The molecule has 1 aromatic heterocycles. The zero-order valence-electron chi connectivity index (χ0n) is 13.1. The number of aromatic nitrogens is 1. The maximum absolute atomic E-state index is 6.27. The minimum atomic E-state index is 0.931. The van der Waals surface area contributed by atoms with Crippen molar-refractivity contribution in [2.45, 2.75) is 6.92 Å². The highest BCUT2D eigenvalue weighted by Gasteiger charge is 2.30. The topological polar surface area (TPSA) is 13.1 Å². The Kier molecular flexibility index (Phi) is 2.38. The highest BCUT2D eigenvalue weighted by Crippen LogP contribution is 2.46. The molecule has 2 nitrogen and oxygen atoms in total. The van der Waals surface area contributed by atoms with Crippen molar-refractivity contribution in [1.29, 1.82) is 0 Å². The first-order chi connectivity index (χ1) is 11.2. The van der Waals surface area contributed by atoms with Gasteiger partial charge in [0.25, 0.3) is 5.69 Å². The number of benzene rings is 3. The van der Waals surface area contributed by atoms with Gasteiger partial charge in [-0.2, -0.15) is 4.57 Å². The summed E-state index contributed by atoms with van der Waals surface area (Å²) in [6, 6.07) is 21.2. The van der Waals surface area contributed by atoms with Crippen LogP contribution in [0.1, 0.15) is 5.56 Å². The Morgan fingerprint density at radius 1 is 0.826 bits per heavy atom. The fourth-order valence-electron chi connectivity index (χ4n) is 3.74. The van der Waals surface area contributed by atoms with Crippen molar-refractivity contribution in [3.8, 4) is 22.8 Å². The third-order valence-electron chi connectivity index (χ3n) is 4.83. The molecule has 0 saturated carbocycles. The zero-order chi connectivity index (χ0) is 15.6. The summed E-state index contributed by atoms with van der Waals surface area (Å²) >= 11 is 0. The lowest BCUT2D eigenvalue weighted by molar-refractivity contribution is -0.633. The molecule has 3 aromatic carbocycles. The lowest BCUT2D eigenvalue weighted by Crippen LogP contribution is -2.33. The van der Waals surface area contributed by atoms with E-state index < -0.39 is 0 Å². The smallest absolute Gasteiger partial charge is 0.256 e. The number of para-hydroxylation sites is 1. The third-order valence-corrected chi connectivity index (χ3v) is 4.83. The van der Waals surface area contributed by atoms with Gasteiger partial charge in [-0.1, -0.05) is 36.4 Å². The van der Waals surface area contributed by atoms with Gasteiger partial charge in [-0.15, -0.1) is 0 Å². The Bertz CT molecular complexity index is 1110. The molecule has 23 heavy (non-hydrogen) atoms. The maximum Gasteiger partial charge on any atom is 0.256 e. The fourth-order valence-corrected chi connectivity index (χ4v) is 3.74. The summed E-state index contributed by atoms with van der Waals surface area (Å²) in [6.45, 7) is 2.18. The van der Waals surface area contributed by atoms with Gasteiger partial charge in [0.15, 0.2) is 5.75 Å². The Morgan fingerprint density at radius 3 is 2.57 bits per heavy atom. The lowest BCUT2D eigenvalue weighted by Gasteiger charge is -2.21. The van der Waals surface area contributed by atoms with Crippen LogP contribution in [0.15, 0.2) is 60.7 Å². The molecule has 0 aliphatic carbocycles. The lowest BCUT2D eigenvalue weighted by atomic mass is 9.93. The van der Waals surface area contributed by atoms with E-state index in [9.17, 15) is 0 Å². The summed E-state index contributed by atoms with van der Waals surface area (Å²) in [6.07, 6.45) is 0. The van der Waals surface area contributed by atoms with Crippen molar-refractivity contribution in [3.63, 3.8) is 0 Å². The SMILES string of the molecule is Cc1ccc2cccc3c2c1-c1c(cc2ccccc2[n+]1C)O3. The number of hydrogen-bond donors (Lipinski definition) is 0. The molecule has 1 aliphatic heterocycles. The van der Waals surface area contributed by atoms with Crippen molar-refractivity contribution >= 4 is 21.7 Å². The van der Waals surface area contributed by atoms with E-state index in [4.69, 9.17) is 4.74 Å². The van der Waals surface area contributed by atoms with Crippen LogP contribution in [-0.4, -0.2) is 0 Å². The van der Waals surface area contributed by atoms with Crippen LogP contribution in [0, 0.1) is 6.92 Å². The monoisotopic (exact) mass is 298 g/mol. The minimum absolute atomic E-state index is 0.931. The van der Waals surface area contributed by atoms with Gasteiger partial charge in [0.05, 0.1) is 10.9 Å². The highest BCUT2D eigenvalue weighted by atomic mass is 16.5. The van der Waals surface area contributed by atoms with Gasteiger partial charge in [0.1, 0.15) is 12.8 Å². The summed E-state index contributed by atoms with van der Waals surface area (Å²) in [4.78, 5) is 0. The molecule has 2 heterocycles. The summed E-state index contributed by atoms with van der Waals surface area (Å²) in [7, 11) is 2.12. The highest BCUT2D eigenvalue weighted by molar-refractivity contribution is 6.04. The quantitative estimate of drug-likeness (QED) is 0.371. The predicted octanol–water partition coefficient (Wildman–Crippen LogP) is 4.90. The van der Waals surface area contributed by atoms with Gasteiger partial charge in [0.2, 0.25) is 5.52 Å². The van der Waals surface area contributed by atoms with Gasteiger partial charge >= 0.3 is 0 Å².